The number of β-amino-alcohol motifs (C(OH)–C–C–N with tert-alkyl or cyclic N) is 1. The normalized spacial score (nSPS) is 22.3. The molecule has 2 rings (SSSR count). The molecule has 0 radical (unpaired) electrons. The van der Waals surface area contributed by atoms with Crippen LogP contribution in [0.3, 0.4) is 0 Å². The lowest BCUT2D eigenvalue weighted by Crippen LogP contribution is -2.37. The van der Waals surface area contributed by atoms with Crippen molar-refractivity contribution in [3.05, 3.63) is 34.3 Å². The van der Waals surface area contributed by atoms with Crippen LogP contribution in [0.5, 0.6) is 0 Å². The molecule has 1 aromatic rings. The average Bonchev–Trinajstić information content (AvgIpc) is 2.22. The maximum absolute atomic E-state index is 9.61. The summed E-state index contributed by atoms with van der Waals surface area (Å²) in [4.78, 5) is 2.31. The van der Waals surface area contributed by atoms with E-state index in [1.54, 1.807) is 0 Å². The van der Waals surface area contributed by atoms with Crippen molar-refractivity contribution in [2.45, 2.75) is 32.4 Å². The van der Waals surface area contributed by atoms with Crippen LogP contribution in [-0.2, 0) is 6.54 Å². The SMILES string of the molecule is Cc1cc(Cl)ccc1CN1CCC[C@H](O)C1. The molecule has 16 heavy (non-hydrogen) atoms. The number of rotatable bonds is 2. The van der Waals surface area contributed by atoms with Crippen molar-refractivity contribution in [1.29, 1.82) is 0 Å². The number of aliphatic hydroxyl groups excluding tert-OH is 1. The third-order valence-corrected chi connectivity index (χ3v) is 3.41. The summed E-state index contributed by atoms with van der Waals surface area (Å²) >= 11 is 5.93. The first-order valence-electron chi connectivity index (χ1n) is 5.80. The molecule has 1 aliphatic heterocycles. The van der Waals surface area contributed by atoms with Crippen molar-refractivity contribution in [3.63, 3.8) is 0 Å². The van der Waals surface area contributed by atoms with E-state index in [-0.39, 0.29) is 6.10 Å². The number of hydrogen-bond donors (Lipinski definition) is 1. The number of piperidine rings is 1. The topological polar surface area (TPSA) is 23.5 Å². The fourth-order valence-electron chi connectivity index (χ4n) is 2.25. The number of nitrogens with zero attached hydrogens (tertiary/aromatic N) is 1. The van der Waals surface area contributed by atoms with Crippen molar-refractivity contribution in [3.8, 4) is 0 Å². The predicted octanol–water partition coefficient (Wildman–Crippen LogP) is 2.61. The van der Waals surface area contributed by atoms with E-state index in [4.69, 9.17) is 11.6 Å². The lowest BCUT2D eigenvalue weighted by Gasteiger charge is -2.30. The van der Waals surface area contributed by atoms with E-state index >= 15 is 0 Å². The number of likely N-dealkylation sites (tertiary alicyclic amines) is 1. The van der Waals surface area contributed by atoms with Crippen LogP contribution in [-0.4, -0.2) is 29.2 Å². The summed E-state index contributed by atoms with van der Waals surface area (Å²) in [5.41, 5.74) is 2.53. The first-order chi connectivity index (χ1) is 7.65. The van der Waals surface area contributed by atoms with E-state index in [2.05, 4.69) is 17.9 Å². The van der Waals surface area contributed by atoms with Gasteiger partial charge in [0.25, 0.3) is 0 Å². The molecule has 0 aromatic heterocycles. The smallest absolute Gasteiger partial charge is 0.0667 e. The highest BCUT2D eigenvalue weighted by Crippen LogP contribution is 2.19. The van der Waals surface area contributed by atoms with E-state index in [1.807, 2.05) is 12.1 Å². The molecule has 1 aromatic carbocycles. The molecule has 0 unspecified atom stereocenters. The van der Waals surface area contributed by atoms with Gasteiger partial charge < -0.3 is 5.11 Å². The van der Waals surface area contributed by atoms with Crippen LogP contribution in [0.15, 0.2) is 18.2 Å². The zero-order valence-electron chi connectivity index (χ0n) is 9.62. The monoisotopic (exact) mass is 239 g/mol. The molecule has 1 aliphatic rings. The lowest BCUT2D eigenvalue weighted by molar-refractivity contribution is 0.0667. The second-order valence-corrected chi connectivity index (χ2v) is 5.04. The van der Waals surface area contributed by atoms with E-state index in [9.17, 15) is 5.11 Å². The summed E-state index contributed by atoms with van der Waals surface area (Å²) in [7, 11) is 0. The minimum atomic E-state index is -0.152. The van der Waals surface area contributed by atoms with Gasteiger partial charge in [0, 0.05) is 18.1 Å². The molecule has 1 N–H and O–H groups in total. The van der Waals surface area contributed by atoms with Gasteiger partial charge in [-0.15, -0.1) is 0 Å². The quantitative estimate of drug-likeness (QED) is 0.858. The Morgan fingerprint density at radius 1 is 1.50 bits per heavy atom. The molecule has 0 spiro atoms. The maximum Gasteiger partial charge on any atom is 0.0667 e. The Labute approximate surface area is 102 Å². The highest BCUT2D eigenvalue weighted by molar-refractivity contribution is 6.30. The molecule has 88 valence electrons. The third kappa shape index (κ3) is 2.97. The minimum absolute atomic E-state index is 0.152. The second-order valence-electron chi connectivity index (χ2n) is 4.60. The first-order valence-corrected chi connectivity index (χ1v) is 6.18. The number of aliphatic hydroxyl groups is 1. The Bertz CT molecular complexity index is 367. The summed E-state index contributed by atoms with van der Waals surface area (Å²) in [6.45, 7) is 4.88. The summed E-state index contributed by atoms with van der Waals surface area (Å²) in [5.74, 6) is 0. The van der Waals surface area contributed by atoms with Crippen molar-refractivity contribution in [1.82, 2.24) is 4.90 Å². The molecule has 0 bridgehead atoms. The summed E-state index contributed by atoms with van der Waals surface area (Å²) < 4.78 is 0. The van der Waals surface area contributed by atoms with Gasteiger partial charge in [0.15, 0.2) is 0 Å². The van der Waals surface area contributed by atoms with Gasteiger partial charge in [-0.05, 0) is 49.6 Å². The first kappa shape index (κ1) is 11.9. The van der Waals surface area contributed by atoms with Gasteiger partial charge in [0.05, 0.1) is 6.10 Å². The number of hydrogen-bond acceptors (Lipinski definition) is 2. The van der Waals surface area contributed by atoms with Gasteiger partial charge in [-0.2, -0.15) is 0 Å². The van der Waals surface area contributed by atoms with Crippen LogP contribution < -0.4 is 0 Å². The predicted molar refractivity (Wildman–Crippen MR) is 66.7 cm³/mol. The fraction of sp³-hybridized carbons (Fsp3) is 0.538. The van der Waals surface area contributed by atoms with Gasteiger partial charge >= 0.3 is 0 Å². The molecule has 0 amide bonds. The maximum atomic E-state index is 9.61. The van der Waals surface area contributed by atoms with Gasteiger partial charge in [-0.25, -0.2) is 0 Å². The Morgan fingerprint density at radius 3 is 3.00 bits per heavy atom. The Hall–Kier alpha value is -0.570. The third-order valence-electron chi connectivity index (χ3n) is 3.18. The van der Waals surface area contributed by atoms with Crippen molar-refractivity contribution >= 4 is 11.6 Å². The van der Waals surface area contributed by atoms with E-state index in [1.165, 1.54) is 11.1 Å². The molecular formula is C13H18ClNO. The minimum Gasteiger partial charge on any atom is -0.392 e. The van der Waals surface area contributed by atoms with Crippen LogP contribution in [0, 0.1) is 6.92 Å². The zero-order valence-corrected chi connectivity index (χ0v) is 10.4. The summed E-state index contributed by atoms with van der Waals surface area (Å²) in [6, 6.07) is 6.01. The Kier molecular flexibility index (Phi) is 3.85. The van der Waals surface area contributed by atoms with Crippen molar-refractivity contribution in [2.24, 2.45) is 0 Å². The fourth-order valence-corrected chi connectivity index (χ4v) is 2.48. The Balaban J connectivity index is 2.02. The van der Waals surface area contributed by atoms with Gasteiger partial charge in [0.2, 0.25) is 0 Å². The molecule has 1 heterocycles. The number of benzene rings is 1. The average molecular weight is 240 g/mol. The molecule has 2 nitrogen and oxygen atoms in total. The van der Waals surface area contributed by atoms with Crippen LogP contribution in [0.4, 0.5) is 0 Å². The van der Waals surface area contributed by atoms with E-state index in [0.717, 1.165) is 37.5 Å². The molecule has 0 saturated carbocycles. The van der Waals surface area contributed by atoms with Crippen LogP contribution in [0.2, 0.25) is 5.02 Å². The largest absolute Gasteiger partial charge is 0.392 e. The lowest BCUT2D eigenvalue weighted by atomic mass is 10.0. The van der Waals surface area contributed by atoms with E-state index in [0.29, 0.717) is 0 Å². The summed E-state index contributed by atoms with van der Waals surface area (Å²) in [5, 5.41) is 10.4. The molecule has 1 fully saturated rings. The number of halogens is 1. The van der Waals surface area contributed by atoms with Gasteiger partial charge in [-0.3, -0.25) is 4.90 Å². The van der Waals surface area contributed by atoms with Crippen LogP contribution in [0.25, 0.3) is 0 Å². The van der Waals surface area contributed by atoms with Gasteiger partial charge in [-0.1, -0.05) is 17.7 Å². The highest BCUT2D eigenvalue weighted by Gasteiger charge is 2.17. The Morgan fingerprint density at radius 2 is 2.31 bits per heavy atom. The standard InChI is InChI=1S/C13H18ClNO/c1-10-7-12(14)5-4-11(10)8-15-6-2-3-13(16)9-15/h4-5,7,13,16H,2-3,6,8-9H2,1H3/t13-/m0/s1. The number of aryl methyl sites for hydroxylation is 1. The van der Waals surface area contributed by atoms with Crippen molar-refractivity contribution < 1.29 is 5.11 Å². The van der Waals surface area contributed by atoms with E-state index < -0.39 is 0 Å². The second kappa shape index (κ2) is 5.17. The van der Waals surface area contributed by atoms with Crippen molar-refractivity contribution in [2.75, 3.05) is 13.1 Å². The molecular weight excluding hydrogens is 222 g/mol. The highest BCUT2D eigenvalue weighted by atomic mass is 35.5. The zero-order chi connectivity index (χ0) is 11.5. The molecule has 0 aliphatic carbocycles. The molecule has 3 heteroatoms. The van der Waals surface area contributed by atoms with Crippen LogP contribution in [0.1, 0.15) is 24.0 Å². The van der Waals surface area contributed by atoms with Gasteiger partial charge in [0.1, 0.15) is 0 Å². The molecule has 1 atom stereocenters. The van der Waals surface area contributed by atoms with Crippen LogP contribution >= 0.6 is 11.6 Å². The molecule has 1 saturated heterocycles. The summed E-state index contributed by atoms with van der Waals surface area (Å²) in [6.07, 6.45) is 1.88.